The van der Waals surface area contributed by atoms with Crippen LogP contribution in [0.15, 0.2) is 16.6 Å². The van der Waals surface area contributed by atoms with Crippen molar-refractivity contribution >= 4 is 27.5 Å². The molecule has 0 aliphatic carbocycles. The van der Waals surface area contributed by atoms with Gasteiger partial charge in [0.15, 0.2) is 0 Å². The van der Waals surface area contributed by atoms with Gasteiger partial charge in [0, 0.05) is 4.47 Å². The molecule has 0 heterocycles. The van der Waals surface area contributed by atoms with Crippen LogP contribution in [0.2, 0.25) is 5.02 Å². The van der Waals surface area contributed by atoms with Crippen molar-refractivity contribution in [2.45, 2.75) is 6.92 Å². The molecule has 0 fully saturated rings. The molecule has 0 saturated heterocycles. The first-order valence-electron chi connectivity index (χ1n) is 2.53. The molecule has 0 unspecified atom stereocenters. The predicted molar refractivity (Wildman–Crippen MR) is 42.7 cm³/mol. The van der Waals surface area contributed by atoms with E-state index in [1.165, 1.54) is 0 Å². The van der Waals surface area contributed by atoms with Crippen molar-refractivity contribution in [3.05, 3.63) is 33.3 Å². The Morgan fingerprint density at radius 1 is 1.56 bits per heavy atom. The lowest BCUT2D eigenvalue weighted by Crippen LogP contribution is -1.74. The topological polar surface area (TPSA) is 0 Å². The fraction of sp³-hybridized carbons (Fsp3) is 0.143. The van der Waals surface area contributed by atoms with Crippen LogP contribution in [0.5, 0.6) is 0 Å². The standard InChI is InChI=1S/C7H5BrCl/c1-5-3-2-4-6(9)7(5)8/h3-4H,1H3. The van der Waals surface area contributed by atoms with Crippen LogP contribution in [0.25, 0.3) is 0 Å². The van der Waals surface area contributed by atoms with Crippen LogP contribution in [-0.4, -0.2) is 0 Å². The van der Waals surface area contributed by atoms with Crippen LogP contribution in [-0.2, 0) is 0 Å². The minimum atomic E-state index is 0.718. The highest BCUT2D eigenvalue weighted by atomic mass is 79.9. The molecule has 1 aromatic rings. The molecule has 1 aromatic carbocycles. The second-order valence-electron chi connectivity index (χ2n) is 1.80. The van der Waals surface area contributed by atoms with E-state index < -0.39 is 0 Å². The van der Waals surface area contributed by atoms with Crippen molar-refractivity contribution in [3.8, 4) is 0 Å². The lowest BCUT2D eigenvalue weighted by molar-refractivity contribution is 1.43. The van der Waals surface area contributed by atoms with Crippen molar-refractivity contribution in [2.24, 2.45) is 0 Å². The van der Waals surface area contributed by atoms with E-state index in [2.05, 4.69) is 22.0 Å². The number of halogens is 2. The van der Waals surface area contributed by atoms with Gasteiger partial charge in [0.05, 0.1) is 5.02 Å². The van der Waals surface area contributed by atoms with E-state index in [9.17, 15) is 0 Å². The number of hydrogen-bond donors (Lipinski definition) is 0. The molecular weight excluding hydrogens is 199 g/mol. The molecule has 9 heavy (non-hydrogen) atoms. The van der Waals surface area contributed by atoms with Crippen molar-refractivity contribution in [1.29, 1.82) is 0 Å². The Hall–Kier alpha value is -0.0100. The lowest BCUT2D eigenvalue weighted by atomic mass is 10.2. The Morgan fingerprint density at radius 2 is 2.22 bits per heavy atom. The number of benzene rings is 1. The van der Waals surface area contributed by atoms with Crippen LogP contribution >= 0.6 is 27.5 Å². The van der Waals surface area contributed by atoms with Crippen molar-refractivity contribution in [1.82, 2.24) is 0 Å². The zero-order chi connectivity index (χ0) is 6.85. The predicted octanol–water partition coefficient (Wildman–Crippen LogP) is 3.21. The van der Waals surface area contributed by atoms with Gasteiger partial charge in [-0.2, -0.15) is 0 Å². The molecule has 0 saturated carbocycles. The molecule has 2 heteroatoms. The Kier molecular flexibility index (Phi) is 2.14. The molecule has 0 amide bonds. The minimum Gasteiger partial charge on any atom is -0.0831 e. The van der Waals surface area contributed by atoms with Crippen molar-refractivity contribution in [2.75, 3.05) is 0 Å². The van der Waals surface area contributed by atoms with Gasteiger partial charge in [-0.1, -0.05) is 17.7 Å². The monoisotopic (exact) mass is 203 g/mol. The summed E-state index contributed by atoms with van der Waals surface area (Å²) in [6.45, 7) is 1.98. The maximum Gasteiger partial charge on any atom is 0.0556 e. The normalized spacial score (nSPS) is 9.67. The summed E-state index contributed by atoms with van der Waals surface area (Å²) in [5.41, 5.74) is 1.11. The summed E-state index contributed by atoms with van der Waals surface area (Å²) in [5, 5.41) is 0.718. The number of hydrogen-bond acceptors (Lipinski definition) is 0. The zero-order valence-electron chi connectivity index (χ0n) is 4.91. The summed E-state index contributed by atoms with van der Waals surface area (Å²) in [5.74, 6) is 0. The van der Waals surface area contributed by atoms with Crippen LogP contribution in [0.1, 0.15) is 5.56 Å². The van der Waals surface area contributed by atoms with Crippen LogP contribution in [0, 0.1) is 13.0 Å². The quantitative estimate of drug-likeness (QED) is 0.609. The molecule has 0 bridgehead atoms. The molecule has 0 atom stereocenters. The Morgan fingerprint density at radius 3 is 2.67 bits per heavy atom. The molecule has 0 spiro atoms. The highest BCUT2D eigenvalue weighted by molar-refractivity contribution is 9.10. The van der Waals surface area contributed by atoms with Crippen molar-refractivity contribution in [3.63, 3.8) is 0 Å². The average Bonchev–Trinajstić information content (AvgIpc) is 1.83. The SMILES string of the molecule is Cc1c[c]cc(Cl)c1Br. The fourth-order valence-electron chi connectivity index (χ4n) is 0.555. The van der Waals surface area contributed by atoms with Crippen LogP contribution in [0.4, 0.5) is 0 Å². The molecule has 0 aromatic heterocycles. The minimum absolute atomic E-state index is 0.718. The number of rotatable bonds is 0. The van der Waals surface area contributed by atoms with Gasteiger partial charge < -0.3 is 0 Å². The second kappa shape index (κ2) is 2.72. The van der Waals surface area contributed by atoms with E-state index in [0.717, 1.165) is 15.1 Å². The molecule has 1 radical (unpaired) electrons. The molecule has 0 nitrogen and oxygen atoms in total. The smallest absolute Gasteiger partial charge is 0.0556 e. The van der Waals surface area contributed by atoms with Gasteiger partial charge in [0.2, 0.25) is 0 Å². The van der Waals surface area contributed by atoms with Gasteiger partial charge in [-0.15, -0.1) is 0 Å². The average molecular weight is 204 g/mol. The number of aryl methyl sites for hydroxylation is 1. The van der Waals surface area contributed by atoms with E-state index in [1.54, 1.807) is 6.07 Å². The van der Waals surface area contributed by atoms with E-state index in [4.69, 9.17) is 11.6 Å². The highest BCUT2D eigenvalue weighted by Crippen LogP contribution is 2.24. The van der Waals surface area contributed by atoms with Crippen LogP contribution in [0.3, 0.4) is 0 Å². The van der Waals surface area contributed by atoms with Gasteiger partial charge in [-0.05, 0) is 40.5 Å². The van der Waals surface area contributed by atoms with E-state index in [1.807, 2.05) is 13.0 Å². The summed E-state index contributed by atoms with van der Waals surface area (Å²) in [4.78, 5) is 0. The van der Waals surface area contributed by atoms with Gasteiger partial charge >= 0.3 is 0 Å². The fourth-order valence-corrected chi connectivity index (χ4v) is 0.996. The van der Waals surface area contributed by atoms with Gasteiger partial charge in [-0.25, -0.2) is 0 Å². The van der Waals surface area contributed by atoms with E-state index in [-0.39, 0.29) is 0 Å². The summed E-state index contributed by atoms with van der Waals surface area (Å²) in [7, 11) is 0. The maximum absolute atomic E-state index is 5.74. The second-order valence-corrected chi connectivity index (χ2v) is 3.00. The first kappa shape index (κ1) is 7.10. The molecule has 0 aliphatic rings. The summed E-state index contributed by atoms with van der Waals surface area (Å²) in [6, 6.07) is 6.53. The van der Waals surface area contributed by atoms with E-state index >= 15 is 0 Å². The van der Waals surface area contributed by atoms with Gasteiger partial charge in [-0.3, -0.25) is 0 Å². The Bertz CT molecular complexity index is 200. The summed E-state index contributed by atoms with van der Waals surface area (Å²) >= 11 is 9.06. The largest absolute Gasteiger partial charge is 0.0831 e. The molecule has 1 rings (SSSR count). The van der Waals surface area contributed by atoms with Gasteiger partial charge in [0.1, 0.15) is 0 Å². The third-order valence-electron chi connectivity index (χ3n) is 1.07. The molecule has 0 N–H and O–H groups in total. The third-order valence-corrected chi connectivity index (χ3v) is 2.64. The Labute approximate surface area is 68.0 Å². The summed E-state index contributed by atoms with van der Waals surface area (Å²) in [6.07, 6.45) is 0. The first-order valence-corrected chi connectivity index (χ1v) is 3.70. The molecular formula is C7H5BrCl. The lowest BCUT2D eigenvalue weighted by Gasteiger charge is -1.96. The highest BCUT2D eigenvalue weighted by Gasteiger charge is 1.96. The Balaban J connectivity index is 3.25. The first-order chi connectivity index (χ1) is 4.22. The van der Waals surface area contributed by atoms with Crippen molar-refractivity contribution < 1.29 is 0 Å². The van der Waals surface area contributed by atoms with Gasteiger partial charge in [0.25, 0.3) is 0 Å². The van der Waals surface area contributed by atoms with E-state index in [0.29, 0.717) is 0 Å². The maximum atomic E-state index is 5.74. The molecule has 47 valence electrons. The molecule has 0 aliphatic heterocycles. The summed E-state index contributed by atoms with van der Waals surface area (Å²) < 4.78 is 0.961. The van der Waals surface area contributed by atoms with Crippen LogP contribution < -0.4 is 0 Å². The zero-order valence-corrected chi connectivity index (χ0v) is 7.25. The third kappa shape index (κ3) is 1.46.